The number of aromatic hydroxyl groups is 1. The number of halogens is 2. The lowest BCUT2D eigenvalue weighted by atomic mass is 10.2. The topological polar surface area (TPSA) is 92.4 Å². The van der Waals surface area contributed by atoms with E-state index in [0.717, 1.165) is 11.0 Å². The molecule has 2 aromatic carbocycles. The van der Waals surface area contributed by atoms with E-state index in [1.54, 1.807) is 12.1 Å². The minimum atomic E-state index is -0.344. The minimum absolute atomic E-state index is 0.0328. The normalized spacial score (nSPS) is 11.2. The van der Waals surface area contributed by atoms with Crippen LogP contribution in [0.2, 0.25) is 0 Å². The molecule has 0 bridgehead atoms. The summed E-state index contributed by atoms with van der Waals surface area (Å²) in [6.45, 7) is -0.0328. The fraction of sp³-hybridized carbons (Fsp3) is 0.0667. The Bertz CT molecular complexity index is 883. The minimum Gasteiger partial charge on any atom is -0.506 e. The Morgan fingerprint density at radius 3 is 2.38 bits per heavy atom. The zero-order valence-corrected chi connectivity index (χ0v) is 15.3. The van der Waals surface area contributed by atoms with Gasteiger partial charge in [0.25, 0.3) is 5.91 Å². The molecule has 0 radical (unpaired) electrons. The number of amides is 1. The number of nitrogens with one attached hydrogen (secondary N) is 1. The van der Waals surface area contributed by atoms with Crippen LogP contribution >= 0.6 is 31.9 Å². The maximum Gasteiger partial charge on any atom is 0.263 e. The van der Waals surface area contributed by atoms with Crippen molar-refractivity contribution in [3.63, 3.8) is 0 Å². The molecule has 1 heterocycles. The first-order chi connectivity index (χ1) is 11.5. The van der Waals surface area contributed by atoms with Gasteiger partial charge in [0.1, 0.15) is 23.3 Å². The van der Waals surface area contributed by atoms with E-state index in [1.807, 2.05) is 24.3 Å². The standard InChI is InChI=1S/C15H11Br2N5O2/c16-10-5-9(6-11(17)15(10)24)7-18-19-14(23)8-22-20-12-3-1-2-4-13(12)21-22/h1-7,24H,8H2,(H,19,23). The molecule has 0 spiro atoms. The van der Waals surface area contributed by atoms with Crippen molar-refractivity contribution in [2.24, 2.45) is 5.10 Å². The van der Waals surface area contributed by atoms with E-state index in [0.29, 0.717) is 14.5 Å². The van der Waals surface area contributed by atoms with Gasteiger partial charge in [0.15, 0.2) is 0 Å². The van der Waals surface area contributed by atoms with E-state index < -0.39 is 0 Å². The van der Waals surface area contributed by atoms with Crippen molar-refractivity contribution < 1.29 is 9.90 Å². The first-order valence-electron chi connectivity index (χ1n) is 6.83. The number of phenolic OH excluding ortho intramolecular Hbond substituents is 1. The Hall–Kier alpha value is -2.26. The highest BCUT2D eigenvalue weighted by molar-refractivity contribution is 9.11. The summed E-state index contributed by atoms with van der Waals surface area (Å²) in [6, 6.07) is 10.7. The van der Waals surface area contributed by atoms with E-state index in [2.05, 4.69) is 52.6 Å². The van der Waals surface area contributed by atoms with Crippen LogP contribution < -0.4 is 5.43 Å². The van der Waals surface area contributed by atoms with Crippen molar-refractivity contribution in [3.8, 4) is 5.75 Å². The number of nitrogens with zero attached hydrogens (tertiary/aromatic N) is 4. The van der Waals surface area contributed by atoms with E-state index in [1.165, 1.54) is 11.0 Å². The van der Waals surface area contributed by atoms with E-state index in [4.69, 9.17) is 0 Å². The van der Waals surface area contributed by atoms with Gasteiger partial charge in [-0.25, -0.2) is 5.43 Å². The SMILES string of the molecule is O=C(Cn1nc2ccccc2n1)NN=Cc1cc(Br)c(O)c(Br)c1. The molecule has 0 aliphatic rings. The van der Waals surface area contributed by atoms with Gasteiger partial charge in [0.2, 0.25) is 0 Å². The van der Waals surface area contributed by atoms with Gasteiger partial charge in [-0.05, 0) is 61.7 Å². The highest BCUT2D eigenvalue weighted by Crippen LogP contribution is 2.32. The smallest absolute Gasteiger partial charge is 0.263 e. The number of phenols is 1. The Balaban J connectivity index is 1.63. The van der Waals surface area contributed by atoms with E-state index in [9.17, 15) is 9.90 Å². The highest BCUT2D eigenvalue weighted by Gasteiger charge is 2.07. The molecule has 7 nitrogen and oxygen atoms in total. The number of fused-ring (bicyclic) bond motifs is 1. The summed E-state index contributed by atoms with van der Waals surface area (Å²) < 4.78 is 1.05. The predicted molar refractivity (Wildman–Crippen MR) is 96.8 cm³/mol. The van der Waals surface area contributed by atoms with Gasteiger partial charge < -0.3 is 5.11 Å². The van der Waals surface area contributed by atoms with Crippen LogP contribution in [-0.2, 0) is 11.3 Å². The van der Waals surface area contributed by atoms with Gasteiger partial charge in [-0.15, -0.1) is 0 Å². The number of hydrogen-bond donors (Lipinski definition) is 2. The summed E-state index contributed by atoms with van der Waals surface area (Å²) in [4.78, 5) is 13.2. The molecule has 1 amide bonds. The van der Waals surface area contributed by atoms with Gasteiger partial charge in [-0.1, -0.05) is 12.1 Å². The first-order valence-corrected chi connectivity index (χ1v) is 8.41. The van der Waals surface area contributed by atoms with Crippen LogP contribution in [0.25, 0.3) is 11.0 Å². The molecule has 2 N–H and O–H groups in total. The third-order valence-corrected chi connectivity index (χ3v) is 4.26. The number of aromatic nitrogens is 3. The molecule has 0 saturated carbocycles. The molecule has 0 aliphatic carbocycles. The van der Waals surface area contributed by atoms with Crippen molar-refractivity contribution in [3.05, 3.63) is 50.9 Å². The molecular weight excluding hydrogens is 442 g/mol. The van der Waals surface area contributed by atoms with Crippen LogP contribution in [-0.4, -0.2) is 32.2 Å². The fourth-order valence-electron chi connectivity index (χ4n) is 1.98. The molecule has 3 rings (SSSR count). The monoisotopic (exact) mass is 451 g/mol. The zero-order valence-electron chi connectivity index (χ0n) is 12.1. The third-order valence-electron chi connectivity index (χ3n) is 3.06. The van der Waals surface area contributed by atoms with E-state index >= 15 is 0 Å². The lowest BCUT2D eigenvalue weighted by Gasteiger charge is -2.02. The van der Waals surface area contributed by atoms with Crippen LogP contribution in [0.4, 0.5) is 0 Å². The molecule has 122 valence electrons. The molecule has 0 atom stereocenters. The average molecular weight is 453 g/mol. The lowest BCUT2D eigenvalue weighted by molar-refractivity contribution is -0.122. The Morgan fingerprint density at radius 1 is 1.21 bits per heavy atom. The van der Waals surface area contributed by atoms with Gasteiger partial charge >= 0.3 is 0 Å². The van der Waals surface area contributed by atoms with Gasteiger partial charge in [-0.3, -0.25) is 4.79 Å². The maximum absolute atomic E-state index is 11.9. The second kappa shape index (κ2) is 7.10. The van der Waals surface area contributed by atoms with Crippen molar-refractivity contribution >= 4 is 55.0 Å². The number of rotatable bonds is 4. The molecule has 0 saturated heterocycles. The van der Waals surface area contributed by atoms with Crippen molar-refractivity contribution in [2.45, 2.75) is 6.54 Å². The summed E-state index contributed by atoms with van der Waals surface area (Å²) in [7, 11) is 0. The first kappa shape index (κ1) is 16.6. The molecule has 24 heavy (non-hydrogen) atoms. The molecule has 9 heteroatoms. The van der Waals surface area contributed by atoms with Gasteiger partial charge in [0.05, 0.1) is 15.2 Å². The van der Waals surface area contributed by atoms with Crippen LogP contribution in [0.15, 0.2) is 50.4 Å². The zero-order chi connectivity index (χ0) is 17.1. The Labute approximate surface area is 153 Å². The Kier molecular flexibility index (Phi) is 4.91. The summed E-state index contributed by atoms with van der Waals surface area (Å²) in [5.41, 5.74) is 4.58. The summed E-state index contributed by atoms with van der Waals surface area (Å²) in [5, 5.41) is 21.9. The number of hydrogen-bond acceptors (Lipinski definition) is 5. The number of hydrazone groups is 1. The van der Waals surface area contributed by atoms with E-state index in [-0.39, 0.29) is 18.2 Å². The molecule has 0 fully saturated rings. The van der Waals surface area contributed by atoms with Gasteiger partial charge in [0, 0.05) is 0 Å². The second-order valence-electron chi connectivity index (χ2n) is 4.85. The predicted octanol–water partition coefficient (Wildman–Crippen LogP) is 2.81. The molecule has 1 aromatic heterocycles. The van der Waals surface area contributed by atoms with Crippen molar-refractivity contribution in [2.75, 3.05) is 0 Å². The summed E-state index contributed by atoms with van der Waals surface area (Å²) in [6.07, 6.45) is 1.47. The maximum atomic E-state index is 11.9. The van der Waals surface area contributed by atoms with Crippen molar-refractivity contribution in [1.29, 1.82) is 0 Å². The third kappa shape index (κ3) is 3.80. The Morgan fingerprint density at radius 2 is 1.79 bits per heavy atom. The van der Waals surface area contributed by atoms with Crippen LogP contribution in [0.3, 0.4) is 0 Å². The average Bonchev–Trinajstić information content (AvgIpc) is 2.94. The quantitative estimate of drug-likeness (QED) is 0.470. The van der Waals surface area contributed by atoms with Crippen LogP contribution in [0, 0.1) is 0 Å². The number of benzene rings is 2. The molecular formula is C15H11Br2N5O2. The fourth-order valence-corrected chi connectivity index (χ4v) is 3.20. The molecule has 0 unspecified atom stereocenters. The lowest BCUT2D eigenvalue weighted by Crippen LogP contribution is -2.24. The largest absolute Gasteiger partial charge is 0.506 e. The molecule has 3 aromatic rings. The summed E-state index contributed by atoms with van der Waals surface area (Å²) in [5.74, 6) is -0.239. The highest BCUT2D eigenvalue weighted by atomic mass is 79.9. The number of carbonyl (C=O) groups is 1. The van der Waals surface area contributed by atoms with Crippen LogP contribution in [0.1, 0.15) is 5.56 Å². The molecule has 0 aliphatic heterocycles. The summed E-state index contributed by atoms with van der Waals surface area (Å²) >= 11 is 6.46. The van der Waals surface area contributed by atoms with Crippen molar-refractivity contribution in [1.82, 2.24) is 20.4 Å². The number of carbonyl (C=O) groups excluding carboxylic acids is 1. The second-order valence-corrected chi connectivity index (χ2v) is 6.55. The van der Waals surface area contributed by atoms with Crippen LogP contribution in [0.5, 0.6) is 5.75 Å². The van der Waals surface area contributed by atoms with Gasteiger partial charge in [-0.2, -0.15) is 20.1 Å².